The zero-order chi connectivity index (χ0) is 7.84. The van der Waals surface area contributed by atoms with Crippen LogP contribution < -0.4 is 5.32 Å². The molecule has 0 spiro atoms. The molecule has 0 saturated carbocycles. The summed E-state index contributed by atoms with van der Waals surface area (Å²) in [5.41, 5.74) is 2.53. The Labute approximate surface area is 66.4 Å². The number of hydrogen-bond donors (Lipinski definition) is 1. The molecular weight excluding hydrogens is 138 g/mol. The fraction of sp³-hybridized carbons (Fsp3) is 0.625. The molecule has 0 radical (unpaired) electrons. The van der Waals surface area contributed by atoms with Crippen molar-refractivity contribution in [1.82, 2.24) is 14.9 Å². The Morgan fingerprint density at radius 2 is 2.27 bits per heavy atom. The number of fused-ring (bicyclic) bond motifs is 1. The summed E-state index contributed by atoms with van der Waals surface area (Å²) in [6, 6.07) is 0. The van der Waals surface area contributed by atoms with Crippen LogP contribution in [0.1, 0.15) is 17.2 Å². The van der Waals surface area contributed by atoms with Gasteiger partial charge in [-0.3, -0.25) is 0 Å². The second kappa shape index (κ2) is 2.34. The van der Waals surface area contributed by atoms with E-state index in [2.05, 4.69) is 28.7 Å². The van der Waals surface area contributed by atoms with Gasteiger partial charge in [0.15, 0.2) is 0 Å². The van der Waals surface area contributed by atoms with E-state index in [1.165, 1.54) is 11.4 Å². The highest BCUT2D eigenvalue weighted by Crippen LogP contribution is 2.12. The highest BCUT2D eigenvalue weighted by atomic mass is 15.1. The maximum Gasteiger partial charge on any atom is 0.106 e. The van der Waals surface area contributed by atoms with Gasteiger partial charge in [0.1, 0.15) is 5.82 Å². The molecular formula is C8H13N3. The molecule has 0 bridgehead atoms. The first-order valence-electron chi connectivity index (χ1n) is 4.02. The molecule has 0 amide bonds. The first kappa shape index (κ1) is 6.85. The molecule has 0 atom stereocenters. The summed E-state index contributed by atoms with van der Waals surface area (Å²) in [5.74, 6) is 1.15. The molecule has 1 aromatic heterocycles. The normalized spacial score (nSPS) is 16.5. The van der Waals surface area contributed by atoms with E-state index in [0.29, 0.717) is 0 Å². The van der Waals surface area contributed by atoms with Crippen molar-refractivity contribution in [2.45, 2.75) is 26.9 Å². The summed E-state index contributed by atoms with van der Waals surface area (Å²) < 4.78 is 2.30. The van der Waals surface area contributed by atoms with E-state index in [1.54, 1.807) is 0 Å². The lowest BCUT2D eigenvalue weighted by molar-refractivity contribution is 0.506. The van der Waals surface area contributed by atoms with Gasteiger partial charge in [-0.05, 0) is 13.8 Å². The van der Waals surface area contributed by atoms with Crippen LogP contribution in [0.25, 0.3) is 0 Å². The minimum Gasteiger partial charge on any atom is -0.330 e. The first-order chi connectivity index (χ1) is 5.29. The molecule has 0 aromatic carbocycles. The zero-order valence-electron chi connectivity index (χ0n) is 7.02. The van der Waals surface area contributed by atoms with Gasteiger partial charge >= 0.3 is 0 Å². The topological polar surface area (TPSA) is 29.9 Å². The molecule has 2 rings (SSSR count). The summed E-state index contributed by atoms with van der Waals surface area (Å²) in [4.78, 5) is 4.42. The standard InChI is InChI=1S/C8H13N3/c1-6-8-5-9-3-4-11(8)7(2)10-6/h9H,3-5H2,1-2H3. The Morgan fingerprint density at radius 3 is 3.00 bits per heavy atom. The number of nitrogens with zero attached hydrogens (tertiary/aromatic N) is 2. The third kappa shape index (κ3) is 0.959. The van der Waals surface area contributed by atoms with Crippen molar-refractivity contribution >= 4 is 0 Å². The van der Waals surface area contributed by atoms with Crippen LogP contribution in [0.4, 0.5) is 0 Å². The van der Waals surface area contributed by atoms with Crippen molar-refractivity contribution in [3.8, 4) is 0 Å². The van der Waals surface area contributed by atoms with Crippen molar-refractivity contribution in [1.29, 1.82) is 0 Å². The molecule has 0 fully saturated rings. The SMILES string of the molecule is Cc1nc(C)n2c1CNCC2. The highest BCUT2D eigenvalue weighted by molar-refractivity contribution is 5.16. The van der Waals surface area contributed by atoms with E-state index in [4.69, 9.17) is 0 Å². The molecule has 1 aromatic rings. The summed E-state index contributed by atoms with van der Waals surface area (Å²) in [7, 11) is 0. The lowest BCUT2D eigenvalue weighted by Crippen LogP contribution is -2.28. The molecule has 1 aliphatic rings. The van der Waals surface area contributed by atoms with Crippen LogP contribution >= 0.6 is 0 Å². The average Bonchev–Trinajstić information content (AvgIpc) is 2.30. The Kier molecular flexibility index (Phi) is 1.46. The van der Waals surface area contributed by atoms with Gasteiger partial charge in [0.2, 0.25) is 0 Å². The average molecular weight is 151 g/mol. The predicted molar refractivity (Wildman–Crippen MR) is 43.4 cm³/mol. The largest absolute Gasteiger partial charge is 0.330 e. The van der Waals surface area contributed by atoms with Crippen LogP contribution in [0.15, 0.2) is 0 Å². The van der Waals surface area contributed by atoms with E-state index in [9.17, 15) is 0 Å². The maximum atomic E-state index is 4.42. The zero-order valence-corrected chi connectivity index (χ0v) is 7.02. The molecule has 0 unspecified atom stereocenters. The third-order valence-corrected chi connectivity index (χ3v) is 2.27. The number of aromatic nitrogens is 2. The third-order valence-electron chi connectivity index (χ3n) is 2.27. The molecule has 3 nitrogen and oxygen atoms in total. The van der Waals surface area contributed by atoms with E-state index in [0.717, 1.165) is 25.5 Å². The molecule has 2 heterocycles. The van der Waals surface area contributed by atoms with Crippen molar-refractivity contribution in [2.75, 3.05) is 6.54 Å². The number of aryl methyl sites for hydroxylation is 2. The van der Waals surface area contributed by atoms with Crippen molar-refractivity contribution < 1.29 is 0 Å². The molecule has 60 valence electrons. The predicted octanol–water partition coefficient (Wildman–Crippen LogP) is 0.603. The minimum absolute atomic E-state index is 0.979. The van der Waals surface area contributed by atoms with Gasteiger partial charge in [0.05, 0.1) is 11.4 Å². The van der Waals surface area contributed by atoms with Crippen LogP contribution in [0.5, 0.6) is 0 Å². The maximum absolute atomic E-state index is 4.42. The number of imidazole rings is 1. The van der Waals surface area contributed by atoms with Crippen LogP contribution in [0, 0.1) is 13.8 Å². The summed E-state index contributed by atoms with van der Waals surface area (Å²) >= 11 is 0. The van der Waals surface area contributed by atoms with Crippen LogP contribution in [0.2, 0.25) is 0 Å². The van der Waals surface area contributed by atoms with Gasteiger partial charge in [0.25, 0.3) is 0 Å². The Hall–Kier alpha value is -0.830. The molecule has 1 N–H and O–H groups in total. The van der Waals surface area contributed by atoms with E-state index < -0.39 is 0 Å². The lowest BCUT2D eigenvalue weighted by atomic mass is 10.3. The Morgan fingerprint density at radius 1 is 1.45 bits per heavy atom. The Balaban J connectivity index is 2.52. The quantitative estimate of drug-likeness (QED) is 0.588. The fourth-order valence-electron chi connectivity index (χ4n) is 1.68. The Bertz CT molecular complexity index is 249. The monoisotopic (exact) mass is 151 g/mol. The molecule has 11 heavy (non-hydrogen) atoms. The van der Waals surface area contributed by atoms with Gasteiger partial charge in [-0.1, -0.05) is 0 Å². The smallest absolute Gasteiger partial charge is 0.106 e. The summed E-state index contributed by atoms with van der Waals surface area (Å²) in [6.45, 7) is 7.27. The lowest BCUT2D eigenvalue weighted by Gasteiger charge is -2.17. The second-order valence-electron chi connectivity index (χ2n) is 3.02. The number of hydrogen-bond acceptors (Lipinski definition) is 2. The van der Waals surface area contributed by atoms with Crippen molar-refractivity contribution in [3.63, 3.8) is 0 Å². The first-order valence-corrected chi connectivity index (χ1v) is 4.02. The van der Waals surface area contributed by atoms with Gasteiger partial charge in [0, 0.05) is 19.6 Å². The second-order valence-corrected chi connectivity index (χ2v) is 3.02. The number of rotatable bonds is 0. The van der Waals surface area contributed by atoms with Crippen LogP contribution in [-0.2, 0) is 13.1 Å². The van der Waals surface area contributed by atoms with Crippen LogP contribution in [-0.4, -0.2) is 16.1 Å². The molecule has 1 aliphatic heterocycles. The summed E-state index contributed by atoms with van der Waals surface area (Å²) in [5, 5.41) is 3.33. The molecule has 3 heteroatoms. The summed E-state index contributed by atoms with van der Waals surface area (Å²) in [6.07, 6.45) is 0. The van der Waals surface area contributed by atoms with Gasteiger partial charge in [-0.2, -0.15) is 0 Å². The van der Waals surface area contributed by atoms with Gasteiger partial charge < -0.3 is 9.88 Å². The number of nitrogens with one attached hydrogen (secondary N) is 1. The van der Waals surface area contributed by atoms with Gasteiger partial charge in [-0.25, -0.2) is 4.98 Å². The van der Waals surface area contributed by atoms with Crippen LogP contribution in [0.3, 0.4) is 0 Å². The van der Waals surface area contributed by atoms with E-state index in [1.807, 2.05) is 0 Å². The fourth-order valence-corrected chi connectivity index (χ4v) is 1.68. The molecule has 0 aliphatic carbocycles. The van der Waals surface area contributed by atoms with Crippen molar-refractivity contribution in [3.05, 3.63) is 17.2 Å². The van der Waals surface area contributed by atoms with Crippen molar-refractivity contribution in [2.24, 2.45) is 0 Å². The highest BCUT2D eigenvalue weighted by Gasteiger charge is 2.13. The minimum atomic E-state index is 0.979. The molecule has 0 saturated heterocycles. The van der Waals surface area contributed by atoms with E-state index >= 15 is 0 Å². The van der Waals surface area contributed by atoms with E-state index in [-0.39, 0.29) is 0 Å². The van der Waals surface area contributed by atoms with Gasteiger partial charge in [-0.15, -0.1) is 0 Å².